The van der Waals surface area contributed by atoms with Crippen LogP contribution in [0.2, 0.25) is 0 Å². The van der Waals surface area contributed by atoms with Gasteiger partial charge in [0.2, 0.25) is 0 Å². The molecule has 2 aromatic carbocycles. The van der Waals surface area contributed by atoms with Crippen molar-refractivity contribution in [2.24, 2.45) is 0 Å². The number of ether oxygens (including phenoxy) is 1. The topological polar surface area (TPSA) is 21.3 Å². The van der Waals surface area contributed by atoms with Crippen molar-refractivity contribution in [1.82, 2.24) is 0 Å². The van der Waals surface area contributed by atoms with E-state index in [1.807, 2.05) is 6.07 Å². The van der Waals surface area contributed by atoms with E-state index >= 15 is 0 Å². The van der Waals surface area contributed by atoms with Crippen molar-refractivity contribution in [3.63, 3.8) is 0 Å². The Kier molecular flexibility index (Phi) is 6.32. The van der Waals surface area contributed by atoms with Crippen LogP contribution in [-0.4, -0.2) is 6.61 Å². The number of nitrogens with one attached hydrogen (secondary N) is 1. The third-order valence-electron chi connectivity index (χ3n) is 3.91. The molecule has 0 saturated carbocycles. The van der Waals surface area contributed by atoms with Gasteiger partial charge in [-0.2, -0.15) is 0 Å². The van der Waals surface area contributed by atoms with Gasteiger partial charge in [0, 0.05) is 17.8 Å². The Morgan fingerprint density at radius 3 is 2.36 bits per heavy atom. The summed E-state index contributed by atoms with van der Waals surface area (Å²) in [5.74, 6) is 0.998. The number of unbranched alkanes of at least 4 members (excludes halogenated alkanes) is 2. The Balaban J connectivity index is 2.00. The van der Waals surface area contributed by atoms with Crippen LogP contribution < -0.4 is 10.1 Å². The Morgan fingerprint density at radius 2 is 1.64 bits per heavy atom. The molecule has 0 amide bonds. The van der Waals surface area contributed by atoms with Crippen LogP contribution in [0, 0.1) is 13.8 Å². The number of hydrogen-bond acceptors (Lipinski definition) is 2. The van der Waals surface area contributed by atoms with Crippen LogP contribution in [0.5, 0.6) is 5.75 Å². The minimum atomic E-state index is 0.787. The van der Waals surface area contributed by atoms with Crippen molar-refractivity contribution < 1.29 is 4.74 Å². The third-order valence-corrected chi connectivity index (χ3v) is 3.91. The first-order valence-corrected chi connectivity index (χ1v) is 8.23. The minimum Gasteiger partial charge on any atom is -0.493 e. The highest BCUT2D eigenvalue weighted by Crippen LogP contribution is 2.23. The van der Waals surface area contributed by atoms with Crippen LogP contribution in [0.1, 0.15) is 42.9 Å². The summed E-state index contributed by atoms with van der Waals surface area (Å²) >= 11 is 0. The molecule has 0 fully saturated rings. The molecule has 0 bridgehead atoms. The third kappa shape index (κ3) is 4.52. The Hall–Kier alpha value is -1.96. The van der Waals surface area contributed by atoms with Crippen molar-refractivity contribution in [2.75, 3.05) is 11.9 Å². The predicted molar refractivity (Wildman–Crippen MR) is 94.7 cm³/mol. The van der Waals surface area contributed by atoms with Gasteiger partial charge in [-0.3, -0.25) is 0 Å². The van der Waals surface area contributed by atoms with E-state index in [0.717, 1.165) is 25.3 Å². The van der Waals surface area contributed by atoms with Crippen molar-refractivity contribution in [3.05, 3.63) is 59.2 Å². The van der Waals surface area contributed by atoms with Crippen molar-refractivity contribution >= 4 is 5.69 Å². The molecule has 0 unspecified atom stereocenters. The molecule has 22 heavy (non-hydrogen) atoms. The van der Waals surface area contributed by atoms with E-state index in [9.17, 15) is 0 Å². The molecule has 0 aliphatic carbocycles. The fourth-order valence-electron chi connectivity index (χ4n) is 2.60. The Labute approximate surface area is 134 Å². The quantitative estimate of drug-likeness (QED) is 0.651. The first-order valence-electron chi connectivity index (χ1n) is 8.23. The molecule has 0 aliphatic rings. The number of hydrogen-bond donors (Lipinski definition) is 1. The van der Waals surface area contributed by atoms with Crippen LogP contribution in [-0.2, 0) is 6.54 Å². The molecule has 1 N–H and O–H groups in total. The van der Waals surface area contributed by atoms with Crippen molar-refractivity contribution in [3.8, 4) is 5.75 Å². The van der Waals surface area contributed by atoms with Gasteiger partial charge in [0.05, 0.1) is 6.61 Å². The first-order chi connectivity index (χ1) is 10.7. The molecule has 118 valence electrons. The van der Waals surface area contributed by atoms with Gasteiger partial charge < -0.3 is 10.1 Å². The molecule has 2 nitrogen and oxygen atoms in total. The standard InChI is InChI=1S/C20H27NO/c1-4-5-8-14-22-19-13-7-6-12-18(19)15-21-20-16(2)10-9-11-17(20)3/h6-7,9-13,21H,4-5,8,14-15H2,1-3H3. The lowest BCUT2D eigenvalue weighted by Crippen LogP contribution is -2.06. The molecule has 0 heterocycles. The molecule has 0 saturated heterocycles. The van der Waals surface area contributed by atoms with E-state index in [2.05, 4.69) is 62.5 Å². The summed E-state index contributed by atoms with van der Waals surface area (Å²) in [5, 5.41) is 3.56. The van der Waals surface area contributed by atoms with Gasteiger partial charge in [-0.15, -0.1) is 0 Å². The minimum absolute atomic E-state index is 0.787. The maximum Gasteiger partial charge on any atom is 0.124 e. The van der Waals surface area contributed by atoms with Gasteiger partial charge in [0.1, 0.15) is 5.75 Å². The number of rotatable bonds is 8. The molecule has 0 aliphatic heterocycles. The number of aryl methyl sites for hydroxylation is 2. The second-order valence-corrected chi connectivity index (χ2v) is 5.78. The van der Waals surface area contributed by atoms with Crippen LogP contribution >= 0.6 is 0 Å². The predicted octanol–water partition coefficient (Wildman–Crippen LogP) is 5.48. The van der Waals surface area contributed by atoms with Gasteiger partial charge in [-0.1, -0.05) is 56.2 Å². The molecule has 2 aromatic rings. The summed E-state index contributed by atoms with van der Waals surface area (Å²) in [6, 6.07) is 14.7. The first kappa shape index (κ1) is 16.4. The lowest BCUT2D eigenvalue weighted by atomic mass is 10.1. The van der Waals surface area contributed by atoms with E-state index in [0.29, 0.717) is 0 Å². The molecule has 2 rings (SSSR count). The fourth-order valence-corrected chi connectivity index (χ4v) is 2.60. The highest BCUT2D eigenvalue weighted by Gasteiger charge is 2.05. The maximum absolute atomic E-state index is 5.95. The molecule has 2 heteroatoms. The molecule has 0 spiro atoms. The molecule has 0 aromatic heterocycles. The van der Waals surface area contributed by atoms with Crippen LogP contribution in [0.15, 0.2) is 42.5 Å². The van der Waals surface area contributed by atoms with Gasteiger partial charge in [0.15, 0.2) is 0 Å². The summed E-state index contributed by atoms with van der Waals surface area (Å²) in [6.45, 7) is 8.08. The summed E-state index contributed by atoms with van der Waals surface area (Å²) < 4.78 is 5.95. The van der Waals surface area contributed by atoms with Crippen LogP contribution in [0.3, 0.4) is 0 Å². The van der Waals surface area contributed by atoms with E-state index in [1.54, 1.807) is 0 Å². The summed E-state index contributed by atoms with van der Waals surface area (Å²) in [7, 11) is 0. The summed E-state index contributed by atoms with van der Waals surface area (Å²) in [5.41, 5.74) is 4.99. The van der Waals surface area contributed by atoms with Gasteiger partial charge in [-0.25, -0.2) is 0 Å². The zero-order valence-electron chi connectivity index (χ0n) is 14.0. The van der Waals surface area contributed by atoms with E-state index in [1.165, 1.54) is 35.2 Å². The van der Waals surface area contributed by atoms with E-state index in [-0.39, 0.29) is 0 Å². The zero-order chi connectivity index (χ0) is 15.8. The van der Waals surface area contributed by atoms with Gasteiger partial charge in [0.25, 0.3) is 0 Å². The molecular weight excluding hydrogens is 270 g/mol. The van der Waals surface area contributed by atoms with Crippen LogP contribution in [0.4, 0.5) is 5.69 Å². The summed E-state index contributed by atoms with van der Waals surface area (Å²) in [4.78, 5) is 0. The SMILES string of the molecule is CCCCCOc1ccccc1CNc1c(C)cccc1C. The Bertz CT molecular complexity index is 572. The zero-order valence-corrected chi connectivity index (χ0v) is 14.0. The normalized spacial score (nSPS) is 10.5. The lowest BCUT2D eigenvalue weighted by Gasteiger charge is -2.15. The number of benzene rings is 2. The molecule has 0 radical (unpaired) electrons. The van der Waals surface area contributed by atoms with E-state index in [4.69, 9.17) is 4.74 Å². The fraction of sp³-hybridized carbons (Fsp3) is 0.400. The largest absolute Gasteiger partial charge is 0.493 e. The van der Waals surface area contributed by atoms with Gasteiger partial charge >= 0.3 is 0 Å². The van der Waals surface area contributed by atoms with Crippen molar-refractivity contribution in [1.29, 1.82) is 0 Å². The number of anilines is 1. The summed E-state index contributed by atoms with van der Waals surface area (Å²) in [6.07, 6.45) is 3.57. The monoisotopic (exact) mass is 297 g/mol. The van der Waals surface area contributed by atoms with Gasteiger partial charge in [-0.05, 0) is 37.5 Å². The second kappa shape index (κ2) is 8.47. The maximum atomic E-state index is 5.95. The average molecular weight is 297 g/mol. The highest BCUT2D eigenvalue weighted by atomic mass is 16.5. The molecule has 0 atom stereocenters. The number of para-hydroxylation sites is 2. The van der Waals surface area contributed by atoms with Crippen molar-refractivity contribution in [2.45, 2.75) is 46.6 Å². The highest BCUT2D eigenvalue weighted by molar-refractivity contribution is 5.57. The lowest BCUT2D eigenvalue weighted by molar-refractivity contribution is 0.303. The smallest absolute Gasteiger partial charge is 0.124 e. The molecular formula is C20H27NO. The Morgan fingerprint density at radius 1 is 0.909 bits per heavy atom. The van der Waals surface area contributed by atoms with Crippen LogP contribution in [0.25, 0.3) is 0 Å². The average Bonchev–Trinajstić information content (AvgIpc) is 2.52. The second-order valence-electron chi connectivity index (χ2n) is 5.78. The van der Waals surface area contributed by atoms with E-state index < -0.39 is 0 Å².